The van der Waals surface area contributed by atoms with Crippen LogP contribution in [0.4, 0.5) is 0 Å². The average molecular weight is 607 g/mol. The number of amides is 4. The highest BCUT2D eigenvalue weighted by atomic mass is 35.5. The zero-order valence-electron chi connectivity index (χ0n) is 23.2. The standard InChI is InChI=1S/C33H33Cl2N3O4/c34-24-17-16-23(28(35)20-24)21-38(29(19-22-9-2-1-3-10-22)31(40)36-25-11-4-5-12-25)30(39)15-8-18-37-32(41)26-13-6-7-14-27(26)33(37)42/h1-3,6-7,9-10,13-14,16-17,20,25,29H,4-5,8,11-12,15,18-19,21H2,(H,36,40)/t29-/m0/s1. The van der Waals surface area contributed by atoms with Crippen molar-refractivity contribution in [2.24, 2.45) is 0 Å². The van der Waals surface area contributed by atoms with E-state index in [9.17, 15) is 19.2 Å². The summed E-state index contributed by atoms with van der Waals surface area (Å²) in [5.41, 5.74) is 2.34. The molecule has 7 nitrogen and oxygen atoms in total. The quantitative estimate of drug-likeness (QED) is 0.269. The number of rotatable bonds is 11. The van der Waals surface area contributed by atoms with E-state index < -0.39 is 6.04 Å². The fourth-order valence-electron chi connectivity index (χ4n) is 5.73. The summed E-state index contributed by atoms with van der Waals surface area (Å²) in [5.74, 6) is -1.18. The molecule has 4 amide bonds. The first-order valence-electron chi connectivity index (χ1n) is 14.3. The maximum Gasteiger partial charge on any atom is 0.261 e. The largest absolute Gasteiger partial charge is 0.352 e. The van der Waals surface area contributed by atoms with Crippen molar-refractivity contribution < 1.29 is 19.2 Å². The van der Waals surface area contributed by atoms with Crippen LogP contribution >= 0.6 is 23.2 Å². The molecule has 0 bridgehead atoms. The molecule has 0 radical (unpaired) electrons. The smallest absolute Gasteiger partial charge is 0.261 e. The SMILES string of the molecule is O=C(NC1CCCC1)[C@H](Cc1ccccc1)N(Cc1ccc(Cl)cc1Cl)C(=O)CCCN1C(=O)c2ccccc2C1=O. The number of benzene rings is 3. The summed E-state index contributed by atoms with van der Waals surface area (Å²) < 4.78 is 0. The minimum atomic E-state index is -0.786. The van der Waals surface area contributed by atoms with E-state index >= 15 is 0 Å². The number of carbonyl (C=O) groups excluding carboxylic acids is 4. The summed E-state index contributed by atoms with van der Waals surface area (Å²) >= 11 is 12.7. The Kier molecular flexibility index (Phi) is 9.60. The summed E-state index contributed by atoms with van der Waals surface area (Å²) in [6, 6.07) is 20.7. The van der Waals surface area contributed by atoms with E-state index in [4.69, 9.17) is 23.2 Å². The predicted octanol–water partition coefficient (Wildman–Crippen LogP) is 6.07. The van der Waals surface area contributed by atoms with Crippen molar-refractivity contribution in [1.29, 1.82) is 0 Å². The second-order valence-electron chi connectivity index (χ2n) is 10.9. The van der Waals surface area contributed by atoms with E-state index in [1.54, 1.807) is 47.4 Å². The Hall–Kier alpha value is -3.68. The number of halogens is 2. The summed E-state index contributed by atoms with van der Waals surface area (Å²) in [4.78, 5) is 56.2. The minimum absolute atomic E-state index is 0.0423. The second kappa shape index (κ2) is 13.5. The highest BCUT2D eigenvalue weighted by Gasteiger charge is 2.36. The Bertz CT molecular complexity index is 1440. The summed E-state index contributed by atoms with van der Waals surface area (Å²) in [6.07, 6.45) is 4.60. The van der Waals surface area contributed by atoms with Gasteiger partial charge < -0.3 is 10.2 Å². The summed E-state index contributed by atoms with van der Waals surface area (Å²) in [7, 11) is 0. The Morgan fingerprint density at radius 1 is 0.905 bits per heavy atom. The van der Waals surface area contributed by atoms with E-state index in [2.05, 4.69) is 5.32 Å². The molecule has 0 spiro atoms. The normalized spacial score (nSPS) is 15.5. The van der Waals surface area contributed by atoms with Gasteiger partial charge in [-0.05, 0) is 54.7 Å². The molecule has 218 valence electrons. The molecule has 1 N–H and O–H groups in total. The van der Waals surface area contributed by atoms with Gasteiger partial charge in [0.2, 0.25) is 11.8 Å². The molecule has 1 fully saturated rings. The minimum Gasteiger partial charge on any atom is -0.352 e. The highest BCUT2D eigenvalue weighted by Crippen LogP contribution is 2.26. The van der Waals surface area contributed by atoms with Gasteiger partial charge >= 0.3 is 0 Å². The fourth-order valence-corrected chi connectivity index (χ4v) is 6.20. The monoisotopic (exact) mass is 605 g/mol. The number of nitrogens with one attached hydrogen (secondary N) is 1. The second-order valence-corrected chi connectivity index (χ2v) is 11.7. The van der Waals surface area contributed by atoms with Crippen molar-refractivity contribution in [3.05, 3.63) is 105 Å². The lowest BCUT2D eigenvalue weighted by Crippen LogP contribution is -2.52. The van der Waals surface area contributed by atoms with E-state index in [-0.39, 0.29) is 55.6 Å². The number of fused-ring (bicyclic) bond motifs is 1. The van der Waals surface area contributed by atoms with Gasteiger partial charge in [-0.1, -0.05) is 84.6 Å². The molecule has 9 heteroatoms. The molecule has 3 aromatic rings. The molecule has 0 saturated heterocycles. The zero-order valence-corrected chi connectivity index (χ0v) is 24.7. The van der Waals surface area contributed by atoms with Crippen molar-refractivity contribution in [3.8, 4) is 0 Å². The molecule has 0 aromatic heterocycles. The van der Waals surface area contributed by atoms with Crippen molar-refractivity contribution in [1.82, 2.24) is 15.1 Å². The Morgan fingerprint density at radius 3 is 2.19 bits per heavy atom. The average Bonchev–Trinajstić information content (AvgIpc) is 3.58. The van der Waals surface area contributed by atoms with Gasteiger partial charge in [0.1, 0.15) is 6.04 Å². The van der Waals surface area contributed by atoms with Crippen LogP contribution < -0.4 is 5.32 Å². The number of hydrogen-bond acceptors (Lipinski definition) is 4. The van der Waals surface area contributed by atoms with Crippen molar-refractivity contribution in [2.75, 3.05) is 6.54 Å². The Labute approximate surface area is 255 Å². The molecule has 1 aliphatic heterocycles. The summed E-state index contributed by atoms with van der Waals surface area (Å²) in [6.45, 7) is 0.211. The van der Waals surface area contributed by atoms with Gasteiger partial charge in [0.05, 0.1) is 11.1 Å². The molecular weight excluding hydrogens is 573 g/mol. The van der Waals surface area contributed by atoms with E-state index in [1.165, 1.54) is 4.90 Å². The predicted molar refractivity (Wildman–Crippen MR) is 162 cm³/mol. The van der Waals surface area contributed by atoms with Crippen LogP contribution in [0.3, 0.4) is 0 Å². The first-order valence-corrected chi connectivity index (χ1v) is 15.1. The first-order chi connectivity index (χ1) is 20.3. The van der Waals surface area contributed by atoms with Gasteiger partial charge in [-0.3, -0.25) is 24.1 Å². The van der Waals surface area contributed by atoms with Crippen LogP contribution in [0.15, 0.2) is 72.8 Å². The molecule has 1 saturated carbocycles. The molecule has 3 aromatic carbocycles. The molecule has 5 rings (SSSR count). The lowest BCUT2D eigenvalue weighted by molar-refractivity contribution is -0.141. The van der Waals surface area contributed by atoms with Gasteiger partial charge in [0.15, 0.2) is 0 Å². The number of nitrogens with zero attached hydrogens (tertiary/aromatic N) is 2. The Morgan fingerprint density at radius 2 is 1.55 bits per heavy atom. The lowest BCUT2D eigenvalue weighted by Gasteiger charge is -2.33. The molecule has 1 atom stereocenters. The van der Waals surface area contributed by atoms with Crippen LogP contribution in [-0.4, -0.2) is 52.1 Å². The van der Waals surface area contributed by atoms with E-state index in [1.807, 2.05) is 30.3 Å². The molecule has 1 aliphatic carbocycles. The molecule has 0 unspecified atom stereocenters. The van der Waals surface area contributed by atoms with Gasteiger partial charge in [-0.25, -0.2) is 0 Å². The van der Waals surface area contributed by atoms with Crippen LogP contribution in [0, 0.1) is 0 Å². The third-order valence-electron chi connectivity index (χ3n) is 7.98. The fraction of sp³-hybridized carbons (Fsp3) is 0.333. The maximum atomic E-state index is 13.9. The van der Waals surface area contributed by atoms with Crippen LogP contribution in [0.2, 0.25) is 10.0 Å². The summed E-state index contributed by atoms with van der Waals surface area (Å²) in [5, 5.41) is 4.06. The number of hydrogen-bond donors (Lipinski definition) is 1. The first kappa shape index (κ1) is 29.8. The van der Waals surface area contributed by atoms with E-state index in [0.29, 0.717) is 33.2 Å². The van der Waals surface area contributed by atoms with Gasteiger partial charge in [-0.15, -0.1) is 0 Å². The molecule has 42 heavy (non-hydrogen) atoms. The third-order valence-corrected chi connectivity index (χ3v) is 8.57. The maximum absolute atomic E-state index is 13.9. The highest BCUT2D eigenvalue weighted by molar-refractivity contribution is 6.35. The van der Waals surface area contributed by atoms with Crippen LogP contribution in [0.5, 0.6) is 0 Å². The van der Waals surface area contributed by atoms with Crippen LogP contribution in [0.1, 0.15) is 70.4 Å². The molecule has 1 heterocycles. The van der Waals surface area contributed by atoms with E-state index in [0.717, 1.165) is 31.2 Å². The third kappa shape index (κ3) is 6.85. The molecule has 2 aliphatic rings. The zero-order chi connectivity index (χ0) is 29.6. The lowest BCUT2D eigenvalue weighted by atomic mass is 10.0. The molecular formula is C33H33Cl2N3O4. The number of imide groups is 1. The van der Waals surface area contributed by atoms with Crippen molar-refractivity contribution >= 4 is 46.8 Å². The topological polar surface area (TPSA) is 86.8 Å². The van der Waals surface area contributed by atoms with Crippen molar-refractivity contribution in [2.45, 2.75) is 63.6 Å². The van der Waals surface area contributed by atoms with Gasteiger partial charge in [0.25, 0.3) is 11.8 Å². The van der Waals surface area contributed by atoms with Crippen molar-refractivity contribution in [3.63, 3.8) is 0 Å². The van der Waals surface area contributed by atoms with Gasteiger partial charge in [0, 0.05) is 42.0 Å². The van der Waals surface area contributed by atoms with Crippen LogP contribution in [-0.2, 0) is 22.6 Å². The Balaban J connectivity index is 1.37. The number of carbonyl (C=O) groups is 4. The van der Waals surface area contributed by atoms with Gasteiger partial charge in [-0.2, -0.15) is 0 Å². The van der Waals surface area contributed by atoms with Crippen LogP contribution in [0.25, 0.3) is 0 Å².